The molecule has 0 aliphatic heterocycles. The van der Waals surface area contributed by atoms with Crippen LogP contribution in [-0.4, -0.2) is 44.2 Å². The summed E-state index contributed by atoms with van der Waals surface area (Å²) in [6, 6.07) is 8.28. The van der Waals surface area contributed by atoms with Gasteiger partial charge in [-0.2, -0.15) is 0 Å². The Bertz CT molecular complexity index is 437. The third kappa shape index (κ3) is 6.14. The van der Waals surface area contributed by atoms with Gasteiger partial charge in [0.25, 0.3) is 0 Å². The smallest absolute Gasteiger partial charge is 0.219 e. The van der Waals surface area contributed by atoms with Gasteiger partial charge in [0, 0.05) is 39.4 Å². The summed E-state index contributed by atoms with van der Waals surface area (Å²) < 4.78 is 5.26. The molecule has 5 heteroatoms. The maximum atomic E-state index is 11.4. The summed E-state index contributed by atoms with van der Waals surface area (Å²) in [7, 11) is 3.51. The highest BCUT2D eigenvalue weighted by Crippen LogP contribution is 2.19. The van der Waals surface area contributed by atoms with Crippen LogP contribution in [0.1, 0.15) is 25.3 Å². The van der Waals surface area contributed by atoms with Crippen LogP contribution >= 0.6 is 0 Å². The predicted octanol–water partition coefficient (Wildman–Crippen LogP) is 1.83. The zero-order valence-electron chi connectivity index (χ0n) is 13.3. The molecular formula is C16H27N3O2. The van der Waals surface area contributed by atoms with Crippen LogP contribution in [0.15, 0.2) is 24.3 Å². The van der Waals surface area contributed by atoms with Crippen LogP contribution in [0.5, 0.6) is 0 Å². The molecule has 0 radical (unpaired) electrons. The molecule has 3 N–H and O–H groups in total. The molecule has 118 valence electrons. The summed E-state index contributed by atoms with van der Waals surface area (Å²) in [5, 5.41) is 3.51. The van der Waals surface area contributed by atoms with Gasteiger partial charge in [0.15, 0.2) is 0 Å². The van der Waals surface area contributed by atoms with Gasteiger partial charge in [0.2, 0.25) is 5.91 Å². The number of anilines is 1. The second-order valence-corrected chi connectivity index (χ2v) is 5.26. The van der Waals surface area contributed by atoms with Crippen molar-refractivity contribution in [1.82, 2.24) is 4.90 Å². The number of ether oxygens (including phenoxy) is 1. The first-order valence-electron chi connectivity index (χ1n) is 7.33. The fourth-order valence-corrected chi connectivity index (χ4v) is 2.15. The summed E-state index contributed by atoms with van der Waals surface area (Å²) in [4.78, 5) is 13.1. The highest BCUT2D eigenvalue weighted by molar-refractivity contribution is 5.73. The number of methoxy groups -OCH3 is 1. The van der Waals surface area contributed by atoms with Gasteiger partial charge in [-0.25, -0.2) is 0 Å². The largest absolute Gasteiger partial charge is 0.383 e. The number of hydrogen-bond acceptors (Lipinski definition) is 4. The molecule has 5 nitrogen and oxygen atoms in total. The van der Waals surface area contributed by atoms with Gasteiger partial charge >= 0.3 is 0 Å². The molecule has 1 amide bonds. The van der Waals surface area contributed by atoms with Crippen LogP contribution in [0.25, 0.3) is 0 Å². The average Bonchev–Trinajstić information content (AvgIpc) is 2.46. The first-order valence-corrected chi connectivity index (χ1v) is 7.33. The van der Waals surface area contributed by atoms with Crippen molar-refractivity contribution in [3.63, 3.8) is 0 Å². The minimum absolute atomic E-state index is 0.0568. The lowest BCUT2D eigenvalue weighted by Crippen LogP contribution is -2.28. The first-order chi connectivity index (χ1) is 10.1. The van der Waals surface area contributed by atoms with Crippen LogP contribution in [-0.2, 0) is 16.1 Å². The topological polar surface area (TPSA) is 67.6 Å². The van der Waals surface area contributed by atoms with E-state index in [2.05, 4.69) is 5.32 Å². The summed E-state index contributed by atoms with van der Waals surface area (Å²) in [5.41, 5.74) is 7.73. The van der Waals surface area contributed by atoms with Crippen molar-refractivity contribution < 1.29 is 9.53 Å². The van der Waals surface area contributed by atoms with Crippen LogP contribution in [0.4, 0.5) is 5.69 Å². The van der Waals surface area contributed by atoms with E-state index in [1.807, 2.05) is 24.3 Å². The molecule has 1 rings (SSSR count). The number of nitrogens with two attached hydrogens (primary N) is 1. The van der Waals surface area contributed by atoms with Gasteiger partial charge in [0.05, 0.1) is 6.61 Å². The van der Waals surface area contributed by atoms with E-state index in [1.165, 1.54) is 0 Å². The number of para-hydroxylation sites is 1. The summed E-state index contributed by atoms with van der Waals surface area (Å²) in [6.45, 7) is 3.48. The van der Waals surface area contributed by atoms with Gasteiger partial charge < -0.3 is 20.7 Å². The van der Waals surface area contributed by atoms with E-state index in [1.54, 1.807) is 26.0 Å². The maximum absolute atomic E-state index is 11.4. The zero-order valence-corrected chi connectivity index (χ0v) is 13.3. The second kappa shape index (κ2) is 9.37. The summed E-state index contributed by atoms with van der Waals surface area (Å²) >= 11 is 0. The monoisotopic (exact) mass is 293 g/mol. The van der Waals surface area contributed by atoms with E-state index in [0.29, 0.717) is 19.7 Å². The van der Waals surface area contributed by atoms with Gasteiger partial charge in [-0.05, 0) is 31.0 Å². The van der Waals surface area contributed by atoms with Crippen molar-refractivity contribution in [2.24, 2.45) is 5.73 Å². The van der Waals surface area contributed by atoms with Crippen LogP contribution < -0.4 is 11.1 Å². The Morgan fingerprint density at radius 3 is 2.76 bits per heavy atom. The number of benzene rings is 1. The Balaban J connectivity index is 2.78. The standard InChI is InChI=1S/C16H27N3O2/c1-13(20)19(2)11-14-7-4-5-9-16(14)18-15(12-21-3)8-6-10-17/h4-5,7,9,15,18H,6,8,10-12,17H2,1-3H3. The Morgan fingerprint density at radius 1 is 1.43 bits per heavy atom. The molecule has 0 aliphatic rings. The van der Waals surface area contributed by atoms with Crippen LogP contribution in [0.2, 0.25) is 0 Å². The average molecular weight is 293 g/mol. The number of nitrogens with zero attached hydrogens (tertiary/aromatic N) is 1. The van der Waals surface area contributed by atoms with Gasteiger partial charge in [0.1, 0.15) is 0 Å². The van der Waals surface area contributed by atoms with E-state index in [4.69, 9.17) is 10.5 Å². The third-order valence-electron chi connectivity index (χ3n) is 3.45. The van der Waals surface area contributed by atoms with E-state index in [0.717, 1.165) is 24.1 Å². The zero-order chi connectivity index (χ0) is 15.7. The molecule has 1 atom stereocenters. The van der Waals surface area contributed by atoms with Crippen molar-refractivity contribution in [3.05, 3.63) is 29.8 Å². The first kappa shape index (κ1) is 17.5. The lowest BCUT2D eigenvalue weighted by molar-refractivity contribution is -0.128. The lowest BCUT2D eigenvalue weighted by Gasteiger charge is -2.23. The predicted molar refractivity (Wildman–Crippen MR) is 86.2 cm³/mol. The normalized spacial score (nSPS) is 12.0. The van der Waals surface area contributed by atoms with Gasteiger partial charge in [-0.1, -0.05) is 18.2 Å². The molecule has 0 aromatic heterocycles. The van der Waals surface area contributed by atoms with Crippen LogP contribution in [0.3, 0.4) is 0 Å². The SMILES string of the molecule is COCC(CCCN)Nc1ccccc1CN(C)C(C)=O. The van der Waals surface area contributed by atoms with E-state index < -0.39 is 0 Å². The highest BCUT2D eigenvalue weighted by Gasteiger charge is 2.12. The molecule has 1 unspecified atom stereocenters. The quantitative estimate of drug-likeness (QED) is 0.729. The molecule has 1 aromatic rings. The summed E-state index contributed by atoms with van der Waals surface area (Å²) in [5.74, 6) is 0.0568. The molecule has 0 aliphatic carbocycles. The Hall–Kier alpha value is -1.59. The van der Waals surface area contributed by atoms with Crippen LogP contribution in [0, 0.1) is 0 Å². The molecule has 0 bridgehead atoms. The molecule has 0 saturated carbocycles. The molecule has 0 saturated heterocycles. The minimum atomic E-state index is 0.0568. The molecule has 0 heterocycles. The second-order valence-electron chi connectivity index (χ2n) is 5.26. The fourth-order valence-electron chi connectivity index (χ4n) is 2.15. The van der Waals surface area contributed by atoms with Crippen molar-refractivity contribution in [2.75, 3.05) is 32.6 Å². The number of amides is 1. The molecular weight excluding hydrogens is 266 g/mol. The van der Waals surface area contributed by atoms with Crippen molar-refractivity contribution >= 4 is 11.6 Å². The van der Waals surface area contributed by atoms with E-state index in [9.17, 15) is 4.79 Å². The van der Waals surface area contributed by atoms with Crippen molar-refractivity contribution in [2.45, 2.75) is 32.4 Å². The number of hydrogen-bond donors (Lipinski definition) is 2. The van der Waals surface area contributed by atoms with Gasteiger partial charge in [-0.15, -0.1) is 0 Å². The Kier molecular flexibility index (Phi) is 7.79. The molecule has 21 heavy (non-hydrogen) atoms. The van der Waals surface area contributed by atoms with E-state index in [-0.39, 0.29) is 11.9 Å². The number of carbonyl (C=O) groups excluding carboxylic acids is 1. The fraction of sp³-hybridized carbons (Fsp3) is 0.562. The van der Waals surface area contributed by atoms with Crippen molar-refractivity contribution in [1.29, 1.82) is 0 Å². The minimum Gasteiger partial charge on any atom is -0.383 e. The Labute approximate surface area is 127 Å². The van der Waals surface area contributed by atoms with Gasteiger partial charge in [-0.3, -0.25) is 4.79 Å². The highest BCUT2D eigenvalue weighted by atomic mass is 16.5. The maximum Gasteiger partial charge on any atom is 0.219 e. The number of rotatable bonds is 9. The van der Waals surface area contributed by atoms with E-state index >= 15 is 0 Å². The third-order valence-corrected chi connectivity index (χ3v) is 3.45. The molecule has 0 fully saturated rings. The Morgan fingerprint density at radius 2 is 2.14 bits per heavy atom. The summed E-state index contributed by atoms with van der Waals surface area (Å²) in [6.07, 6.45) is 1.91. The van der Waals surface area contributed by atoms with Crippen molar-refractivity contribution in [3.8, 4) is 0 Å². The molecule has 1 aromatic carbocycles. The lowest BCUT2D eigenvalue weighted by atomic mass is 10.1. The molecule has 0 spiro atoms. The number of nitrogens with one attached hydrogen (secondary N) is 1. The number of carbonyl (C=O) groups is 1.